The summed E-state index contributed by atoms with van der Waals surface area (Å²) in [5.41, 5.74) is -2.12. The second kappa shape index (κ2) is 9.78. The summed E-state index contributed by atoms with van der Waals surface area (Å²) in [5.74, 6) is 0.982. The van der Waals surface area contributed by atoms with Crippen molar-refractivity contribution in [2.24, 2.45) is 5.92 Å². The summed E-state index contributed by atoms with van der Waals surface area (Å²) < 4.78 is 37.5. The van der Waals surface area contributed by atoms with E-state index < -0.39 is 11.4 Å². The zero-order valence-corrected chi connectivity index (χ0v) is 18.7. The largest absolute Gasteiger partial charge is 0.446 e. The van der Waals surface area contributed by atoms with Crippen LogP contribution in [0.1, 0.15) is 30.1 Å². The Morgan fingerprint density at radius 1 is 1.18 bits per heavy atom. The van der Waals surface area contributed by atoms with Gasteiger partial charge >= 0.3 is 5.51 Å². The van der Waals surface area contributed by atoms with Gasteiger partial charge in [0.05, 0.1) is 5.56 Å². The average molecular weight is 474 g/mol. The van der Waals surface area contributed by atoms with Gasteiger partial charge in [-0.15, -0.1) is 0 Å². The Morgan fingerprint density at radius 2 is 1.91 bits per heavy atom. The molecule has 0 radical (unpaired) electrons. The van der Waals surface area contributed by atoms with Crippen molar-refractivity contribution in [2.45, 2.75) is 30.2 Å². The van der Waals surface area contributed by atoms with Gasteiger partial charge in [-0.25, -0.2) is 15.0 Å². The molecular formula is C23H22F3N5OS. The van der Waals surface area contributed by atoms with E-state index in [1.54, 1.807) is 18.5 Å². The minimum atomic E-state index is -4.36. The monoisotopic (exact) mass is 473 g/mol. The smallest absolute Gasteiger partial charge is 0.356 e. The number of nitrogens with zero attached hydrogens (tertiary/aromatic N) is 4. The molecule has 0 unspecified atom stereocenters. The van der Waals surface area contributed by atoms with E-state index in [1.165, 1.54) is 36.8 Å². The highest BCUT2D eigenvalue weighted by Gasteiger charge is 2.29. The van der Waals surface area contributed by atoms with Crippen LogP contribution in [0.5, 0.6) is 0 Å². The van der Waals surface area contributed by atoms with Crippen LogP contribution in [0, 0.1) is 5.92 Å². The van der Waals surface area contributed by atoms with Crippen LogP contribution in [-0.4, -0.2) is 39.5 Å². The quantitative estimate of drug-likeness (QED) is 0.467. The number of nitrogens with one attached hydrogen (secondary N) is 1. The molecule has 0 spiro atoms. The Bertz CT molecular complexity index is 1110. The van der Waals surface area contributed by atoms with Gasteiger partial charge in [-0.2, -0.15) is 13.2 Å². The van der Waals surface area contributed by atoms with Gasteiger partial charge in [0.15, 0.2) is 0 Å². The number of rotatable bonds is 6. The van der Waals surface area contributed by atoms with Crippen molar-refractivity contribution in [1.29, 1.82) is 0 Å². The third-order valence-electron chi connectivity index (χ3n) is 5.51. The first-order chi connectivity index (χ1) is 15.8. The minimum absolute atomic E-state index is 0.0499. The summed E-state index contributed by atoms with van der Waals surface area (Å²) in [7, 11) is 0. The summed E-state index contributed by atoms with van der Waals surface area (Å²) in [4.78, 5) is 27.9. The number of alkyl halides is 3. The zero-order valence-electron chi connectivity index (χ0n) is 17.8. The molecule has 1 amide bonds. The zero-order chi connectivity index (χ0) is 23.4. The number of hydrogen-bond acceptors (Lipinski definition) is 6. The van der Waals surface area contributed by atoms with Crippen molar-refractivity contribution < 1.29 is 18.0 Å². The lowest BCUT2D eigenvalue weighted by atomic mass is 10.1. The van der Waals surface area contributed by atoms with Crippen molar-refractivity contribution in [3.8, 4) is 11.1 Å². The predicted molar refractivity (Wildman–Crippen MR) is 122 cm³/mol. The molecule has 6 nitrogen and oxygen atoms in total. The predicted octanol–water partition coefficient (Wildman–Crippen LogP) is 5.64. The van der Waals surface area contributed by atoms with Gasteiger partial charge in [0.2, 0.25) is 0 Å². The van der Waals surface area contributed by atoms with Crippen molar-refractivity contribution in [3.63, 3.8) is 0 Å². The van der Waals surface area contributed by atoms with Crippen LogP contribution in [0.2, 0.25) is 0 Å². The van der Waals surface area contributed by atoms with Gasteiger partial charge in [-0.1, -0.05) is 13.3 Å². The standard InChI is InChI=1S/C23H22F3N5OS/c1-2-15-7-8-31(13-15)21-20(17-10-27-14-28-11-17)9-16(12-29-21)22(32)30-18-3-5-19(6-4-18)33-23(24,25)26/h3-6,9-12,14-15H,2,7-8,13H2,1H3,(H,30,32)/t15-/m0/s1. The molecule has 1 aliphatic heterocycles. The maximum atomic E-state index is 12.9. The molecule has 0 bridgehead atoms. The van der Waals surface area contributed by atoms with Crippen LogP contribution >= 0.6 is 11.8 Å². The molecule has 1 saturated heterocycles. The van der Waals surface area contributed by atoms with E-state index in [1.807, 2.05) is 0 Å². The highest BCUT2D eigenvalue weighted by molar-refractivity contribution is 8.00. The lowest BCUT2D eigenvalue weighted by molar-refractivity contribution is -0.0328. The summed E-state index contributed by atoms with van der Waals surface area (Å²) in [6.07, 6.45) is 8.51. The van der Waals surface area contributed by atoms with Crippen LogP contribution in [0.4, 0.5) is 24.7 Å². The molecule has 1 aromatic carbocycles. The van der Waals surface area contributed by atoms with Crippen LogP contribution in [-0.2, 0) is 0 Å². The Hall–Kier alpha value is -3.14. The molecule has 1 aliphatic rings. The first-order valence-electron chi connectivity index (χ1n) is 10.5. The van der Waals surface area contributed by atoms with Gasteiger partial charge in [-0.05, 0) is 54.4 Å². The lowest BCUT2D eigenvalue weighted by Gasteiger charge is -2.21. The number of halogens is 3. The molecule has 3 aromatic rings. The highest BCUT2D eigenvalue weighted by Crippen LogP contribution is 2.37. The molecular weight excluding hydrogens is 451 g/mol. The molecule has 1 atom stereocenters. The van der Waals surface area contributed by atoms with E-state index in [-0.39, 0.29) is 16.7 Å². The first-order valence-corrected chi connectivity index (χ1v) is 11.3. The molecule has 33 heavy (non-hydrogen) atoms. The summed E-state index contributed by atoms with van der Waals surface area (Å²) in [6.45, 7) is 3.97. The second-order valence-corrected chi connectivity index (χ2v) is 8.90. The number of pyridine rings is 1. The normalized spacial score (nSPS) is 16.1. The SMILES string of the molecule is CC[C@H]1CCN(c2ncc(C(=O)Nc3ccc(SC(F)(F)F)cc3)cc2-c2cncnc2)C1. The van der Waals surface area contributed by atoms with E-state index in [4.69, 9.17) is 0 Å². The third-order valence-corrected chi connectivity index (χ3v) is 6.25. The fraction of sp³-hybridized carbons (Fsp3) is 0.304. The average Bonchev–Trinajstić information content (AvgIpc) is 3.29. The number of benzene rings is 1. The van der Waals surface area contributed by atoms with Crippen molar-refractivity contribution in [3.05, 3.63) is 60.8 Å². The molecule has 1 N–H and O–H groups in total. The molecule has 10 heteroatoms. The van der Waals surface area contributed by atoms with Crippen LogP contribution < -0.4 is 10.2 Å². The molecule has 4 rings (SSSR count). The number of anilines is 2. The molecule has 172 valence electrons. The van der Waals surface area contributed by atoms with Crippen molar-refractivity contribution in [2.75, 3.05) is 23.3 Å². The van der Waals surface area contributed by atoms with Crippen molar-refractivity contribution >= 4 is 29.2 Å². The van der Waals surface area contributed by atoms with Gasteiger partial charge in [-0.3, -0.25) is 4.79 Å². The second-order valence-electron chi connectivity index (χ2n) is 7.76. The van der Waals surface area contributed by atoms with Gasteiger partial charge < -0.3 is 10.2 Å². The van der Waals surface area contributed by atoms with E-state index in [0.717, 1.165) is 42.9 Å². The Morgan fingerprint density at radius 3 is 2.55 bits per heavy atom. The number of aromatic nitrogens is 3. The minimum Gasteiger partial charge on any atom is -0.356 e. The third kappa shape index (κ3) is 5.81. The first kappa shape index (κ1) is 23.0. The summed E-state index contributed by atoms with van der Waals surface area (Å²) in [5, 5.41) is 2.72. The van der Waals surface area contributed by atoms with E-state index in [9.17, 15) is 18.0 Å². The van der Waals surface area contributed by atoms with Gasteiger partial charge in [0, 0.05) is 53.4 Å². The van der Waals surface area contributed by atoms with E-state index in [2.05, 4.69) is 32.1 Å². The molecule has 0 aliphatic carbocycles. The molecule has 0 saturated carbocycles. The maximum Gasteiger partial charge on any atom is 0.446 e. The van der Waals surface area contributed by atoms with Crippen LogP contribution in [0.3, 0.4) is 0 Å². The number of hydrogen-bond donors (Lipinski definition) is 1. The number of thioether (sulfide) groups is 1. The van der Waals surface area contributed by atoms with Crippen molar-refractivity contribution in [1.82, 2.24) is 15.0 Å². The number of carbonyl (C=O) groups excluding carboxylic acids is 1. The topological polar surface area (TPSA) is 71.0 Å². The Kier molecular flexibility index (Phi) is 6.83. The van der Waals surface area contributed by atoms with E-state index >= 15 is 0 Å². The number of carbonyl (C=O) groups is 1. The fourth-order valence-corrected chi connectivity index (χ4v) is 4.33. The molecule has 1 fully saturated rings. The fourth-order valence-electron chi connectivity index (χ4n) is 3.79. The lowest BCUT2D eigenvalue weighted by Crippen LogP contribution is -2.22. The molecule has 3 heterocycles. The summed E-state index contributed by atoms with van der Waals surface area (Å²) in [6, 6.07) is 7.27. The highest BCUT2D eigenvalue weighted by atomic mass is 32.2. The summed E-state index contributed by atoms with van der Waals surface area (Å²) >= 11 is -0.200. The van der Waals surface area contributed by atoms with Gasteiger partial charge in [0.25, 0.3) is 5.91 Å². The Labute approximate surface area is 193 Å². The van der Waals surface area contributed by atoms with Crippen LogP contribution in [0.25, 0.3) is 11.1 Å². The molecule has 2 aromatic heterocycles. The van der Waals surface area contributed by atoms with E-state index in [0.29, 0.717) is 17.2 Å². The number of amides is 1. The Balaban J connectivity index is 1.57. The van der Waals surface area contributed by atoms with Crippen LogP contribution in [0.15, 0.2) is 60.1 Å². The maximum absolute atomic E-state index is 12.9. The van der Waals surface area contributed by atoms with Gasteiger partial charge in [0.1, 0.15) is 12.1 Å².